The fourth-order valence-electron chi connectivity index (χ4n) is 1.66. The Balaban J connectivity index is 0.00000254. The summed E-state index contributed by atoms with van der Waals surface area (Å²) >= 11 is 0. The molecule has 0 aliphatic rings. The highest BCUT2D eigenvalue weighted by Gasteiger charge is 2.24. The Morgan fingerprint density at radius 1 is 1.08 bits per heavy atom. The van der Waals surface area contributed by atoms with E-state index in [0.29, 0.717) is 5.75 Å². The van der Waals surface area contributed by atoms with Crippen LogP contribution in [0.1, 0.15) is 26.3 Å². The van der Waals surface area contributed by atoms with Crippen molar-refractivity contribution in [3.63, 3.8) is 0 Å². The second-order valence-corrected chi connectivity index (χ2v) is 4.79. The van der Waals surface area contributed by atoms with Crippen molar-refractivity contribution in [1.82, 2.24) is 0 Å². The molecule has 0 aliphatic heterocycles. The van der Waals surface area contributed by atoms with Gasteiger partial charge in [0.1, 0.15) is 17.9 Å². The lowest BCUT2D eigenvalue weighted by Gasteiger charge is -2.24. The summed E-state index contributed by atoms with van der Waals surface area (Å²) in [6.45, 7) is 4.54. The molecule has 0 spiro atoms. The first kappa shape index (κ1) is 22.5. The van der Waals surface area contributed by atoms with E-state index in [1.165, 1.54) is 13.1 Å². The minimum Gasteiger partial charge on any atom is -0.497 e. The monoisotopic (exact) mass is 343 g/mol. The normalized spacial score (nSPS) is 16.0. The van der Waals surface area contributed by atoms with Gasteiger partial charge in [-0.2, -0.15) is 0 Å². The van der Waals surface area contributed by atoms with Gasteiger partial charge < -0.3 is 29.9 Å². The molecule has 0 radical (unpaired) electrons. The number of hydrogen-bond donors (Lipinski definition) is 4. The highest BCUT2D eigenvalue weighted by atomic mass is 16.6. The first-order chi connectivity index (χ1) is 11.5. The van der Waals surface area contributed by atoms with Crippen LogP contribution in [0.2, 0.25) is 0 Å². The van der Waals surface area contributed by atoms with E-state index in [1.54, 1.807) is 31.4 Å². The zero-order valence-corrected chi connectivity index (χ0v) is 14.7. The van der Waals surface area contributed by atoms with Crippen LogP contribution >= 0.6 is 0 Å². The number of benzene rings is 1. The van der Waals surface area contributed by atoms with Gasteiger partial charge in [-0.15, -0.1) is 0 Å². The predicted molar refractivity (Wildman–Crippen MR) is 92.5 cm³/mol. The molecule has 0 bridgehead atoms. The highest BCUT2D eigenvalue weighted by Crippen LogP contribution is 2.11. The summed E-state index contributed by atoms with van der Waals surface area (Å²) in [5.41, 5.74) is 0.765. The van der Waals surface area contributed by atoms with Crippen molar-refractivity contribution in [3.8, 4) is 5.75 Å². The van der Waals surface area contributed by atoms with Crippen molar-refractivity contribution in [2.75, 3.05) is 20.3 Å². The summed E-state index contributed by atoms with van der Waals surface area (Å²) < 4.78 is 10.1. The maximum absolute atomic E-state index is 9.88. The molecule has 7 nitrogen and oxygen atoms in total. The molecule has 4 N–H and O–H groups in total. The summed E-state index contributed by atoms with van der Waals surface area (Å²) in [6.07, 6.45) is -1.85. The Morgan fingerprint density at radius 3 is 2.08 bits per heavy atom. The summed E-state index contributed by atoms with van der Waals surface area (Å²) in [5, 5.41) is 37.6. The van der Waals surface area contributed by atoms with Crippen LogP contribution in [-0.2, 0) is 4.74 Å². The number of rotatable bonds is 9. The zero-order valence-electron chi connectivity index (χ0n) is 14.7. The van der Waals surface area contributed by atoms with Gasteiger partial charge in [0.15, 0.2) is 6.29 Å². The van der Waals surface area contributed by atoms with Crippen molar-refractivity contribution in [2.45, 2.75) is 45.3 Å². The molecule has 1 rings (SSSR count). The maximum atomic E-state index is 9.88. The van der Waals surface area contributed by atoms with Gasteiger partial charge in [0.2, 0.25) is 0 Å². The van der Waals surface area contributed by atoms with E-state index in [0.717, 1.165) is 5.56 Å². The van der Waals surface area contributed by atoms with Gasteiger partial charge in [0, 0.05) is 6.21 Å². The van der Waals surface area contributed by atoms with Crippen LogP contribution in [0.5, 0.6) is 5.75 Å². The van der Waals surface area contributed by atoms with Gasteiger partial charge in [-0.3, -0.25) is 4.99 Å². The van der Waals surface area contributed by atoms with Gasteiger partial charge in [-0.05, 0) is 36.8 Å². The Hall–Kier alpha value is -1.51. The van der Waals surface area contributed by atoms with Crippen molar-refractivity contribution in [3.05, 3.63) is 29.8 Å². The number of methoxy groups -OCH3 is 1. The van der Waals surface area contributed by atoms with Crippen LogP contribution in [0.3, 0.4) is 0 Å². The standard InChI is InChI=1S/C15H23NO6.C2H6/c1-10(19)14(9-18)22-15(20)13(8-17)16-7-11-3-5-12(21-2)6-4-11;1-2/h3-7,10,13-15,17-20H,8-9H2,1-2H3;1-2H3/t10-,13-,14?,15?;/m0./s1. The van der Waals surface area contributed by atoms with Crippen LogP contribution in [0.4, 0.5) is 0 Å². The molecule has 2 unspecified atom stereocenters. The summed E-state index contributed by atoms with van der Waals surface area (Å²) in [6, 6.07) is 6.15. The van der Waals surface area contributed by atoms with E-state index in [9.17, 15) is 15.3 Å². The minimum atomic E-state index is -1.44. The number of aliphatic hydroxyl groups is 4. The van der Waals surface area contributed by atoms with Gasteiger partial charge in [0.05, 0.1) is 26.4 Å². The average Bonchev–Trinajstić information content (AvgIpc) is 2.62. The third-order valence-electron chi connectivity index (χ3n) is 3.08. The van der Waals surface area contributed by atoms with Crippen LogP contribution < -0.4 is 4.74 Å². The lowest BCUT2D eigenvalue weighted by atomic mass is 10.2. The topological polar surface area (TPSA) is 112 Å². The predicted octanol–water partition coefficient (Wildman–Crippen LogP) is 0.578. The molecule has 0 fully saturated rings. The van der Waals surface area contributed by atoms with Crippen LogP contribution in [0.25, 0.3) is 0 Å². The van der Waals surface area contributed by atoms with E-state index in [-0.39, 0.29) is 0 Å². The maximum Gasteiger partial charge on any atom is 0.179 e. The molecule has 1 aromatic rings. The second-order valence-electron chi connectivity index (χ2n) is 4.79. The molecular formula is C17H29NO6. The Bertz CT molecular complexity index is 449. The van der Waals surface area contributed by atoms with E-state index in [2.05, 4.69) is 4.99 Å². The molecule has 0 heterocycles. The Morgan fingerprint density at radius 2 is 1.67 bits per heavy atom. The number of ether oxygens (including phenoxy) is 2. The molecule has 138 valence electrons. The Labute approximate surface area is 143 Å². The van der Waals surface area contributed by atoms with Crippen molar-refractivity contribution in [1.29, 1.82) is 0 Å². The molecule has 24 heavy (non-hydrogen) atoms. The van der Waals surface area contributed by atoms with E-state index >= 15 is 0 Å². The summed E-state index contributed by atoms with van der Waals surface area (Å²) in [5.74, 6) is 0.710. The number of nitrogens with zero attached hydrogens (tertiary/aromatic N) is 1. The second kappa shape index (κ2) is 12.9. The van der Waals surface area contributed by atoms with Gasteiger partial charge in [-0.25, -0.2) is 0 Å². The molecule has 0 saturated heterocycles. The molecule has 0 aromatic heterocycles. The SMILES string of the molecule is CC.COc1ccc(C=N[C@@H](CO)C(O)OC(CO)[C@H](C)O)cc1. The van der Waals surface area contributed by atoms with Crippen LogP contribution in [0, 0.1) is 0 Å². The van der Waals surface area contributed by atoms with Gasteiger partial charge >= 0.3 is 0 Å². The van der Waals surface area contributed by atoms with Crippen LogP contribution in [-0.4, -0.2) is 71.5 Å². The summed E-state index contributed by atoms with van der Waals surface area (Å²) in [4.78, 5) is 4.06. The number of aliphatic imine (C=N–C) groups is 1. The van der Waals surface area contributed by atoms with Gasteiger partial charge in [-0.1, -0.05) is 13.8 Å². The van der Waals surface area contributed by atoms with Crippen molar-refractivity contribution >= 4 is 6.21 Å². The van der Waals surface area contributed by atoms with Crippen molar-refractivity contribution < 1.29 is 29.9 Å². The number of hydrogen-bond acceptors (Lipinski definition) is 7. The molecule has 4 atom stereocenters. The molecular weight excluding hydrogens is 314 g/mol. The quantitative estimate of drug-likeness (QED) is 0.385. The minimum absolute atomic E-state index is 0.439. The molecule has 7 heteroatoms. The highest BCUT2D eigenvalue weighted by molar-refractivity contribution is 5.79. The zero-order chi connectivity index (χ0) is 18.5. The van der Waals surface area contributed by atoms with Gasteiger partial charge in [0.25, 0.3) is 0 Å². The fourth-order valence-corrected chi connectivity index (χ4v) is 1.66. The van der Waals surface area contributed by atoms with E-state index < -0.39 is 37.8 Å². The molecule has 0 amide bonds. The average molecular weight is 343 g/mol. The van der Waals surface area contributed by atoms with Crippen LogP contribution in [0.15, 0.2) is 29.3 Å². The molecule has 1 aromatic carbocycles. The van der Waals surface area contributed by atoms with Crippen molar-refractivity contribution in [2.24, 2.45) is 4.99 Å². The molecule has 0 saturated carbocycles. The smallest absolute Gasteiger partial charge is 0.179 e. The summed E-state index contributed by atoms with van der Waals surface area (Å²) in [7, 11) is 1.57. The fraction of sp³-hybridized carbons (Fsp3) is 0.588. The molecule has 0 aliphatic carbocycles. The Kier molecular flexibility index (Phi) is 12.0. The van der Waals surface area contributed by atoms with E-state index in [1.807, 2.05) is 13.8 Å². The first-order valence-electron chi connectivity index (χ1n) is 7.92. The number of aliphatic hydroxyl groups excluding tert-OH is 4. The first-order valence-corrected chi connectivity index (χ1v) is 7.92. The third kappa shape index (κ3) is 7.85. The lowest BCUT2D eigenvalue weighted by molar-refractivity contribution is -0.184. The lowest BCUT2D eigenvalue weighted by Crippen LogP contribution is -2.40. The van der Waals surface area contributed by atoms with E-state index in [4.69, 9.17) is 14.6 Å². The third-order valence-corrected chi connectivity index (χ3v) is 3.08. The largest absolute Gasteiger partial charge is 0.497 e.